The summed E-state index contributed by atoms with van der Waals surface area (Å²) in [5, 5.41) is 10.2. The molecule has 0 aromatic carbocycles. The molecule has 1 aliphatic carbocycles. The predicted molar refractivity (Wildman–Crippen MR) is 78.5 cm³/mol. The topological polar surface area (TPSA) is 43.8 Å². The molecule has 3 aliphatic rings. The van der Waals surface area contributed by atoms with Crippen LogP contribution in [-0.4, -0.2) is 52.7 Å². The lowest BCUT2D eigenvalue weighted by molar-refractivity contribution is 0.0751. The second-order valence-electron chi connectivity index (χ2n) is 6.75. The van der Waals surface area contributed by atoms with Gasteiger partial charge in [-0.25, -0.2) is 4.79 Å². The van der Waals surface area contributed by atoms with Crippen molar-refractivity contribution in [3.05, 3.63) is 0 Å². The van der Waals surface area contributed by atoms with Gasteiger partial charge in [0, 0.05) is 31.6 Å². The number of hydrogen-bond acceptors (Lipinski definition) is 2. The first-order valence-corrected chi connectivity index (χ1v) is 8.51. The molecule has 3 rings (SSSR count). The number of nitrogens with zero attached hydrogens (tertiary/aromatic N) is 2. The summed E-state index contributed by atoms with van der Waals surface area (Å²) in [6, 6.07) is 0.539. The second kappa shape index (κ2) is 6.33. The van der Waals surface area contributed by atoms with E-state index in [1.54, 1.807) is 0 Å². The standard InChI is InChI=1S/C16H28N2O2/c19-15-9-5-7-13(15)14-8-6-12-18(14)16(20)17-10-3-1-2-4-11-17/h13-15,19H,1-12H2. The van der Waals surface area contributed by atoms with E-state index in [9.17, 15) is 9.90 Å². The molecule has 20 heavy (non-hydrogen) atoms. The minimum atomic E-state index is -0.183. The van der Waals surface area contributed by atoms with Gasteiger partial charge in [-0.05, 0) is 38.5 Å². The summed E-state index contributed by atoms with van der Waals surface area (Å²) in [6.45, 7) is 2.74. The van der Waals surface area contributed by atoms with Crippen LogP contribution in [0.5, 0.6) is 0 Å². The van der Waals surface area contributed by atoms with Gasteiger partial charge in [-0.2, -0.15) is 0 Å². The van der Waals surface area contributed by atoms with Crippen molar-refractivity contribution in [2.45, 2.75) is 69.9 Å². The van der Waals surface area contributed by atoms with Gasteiger partial charge in [-0.1, -0.05) is 19.3 Å². The van der Waals surface area contributed by atoms with Crippen LogP contribution in [0.25, 0.3) is 0 Å². The zero-order valence-corrected chi connectivity index (χ0v) is 12.5. The number of rotatable bonds is 1. The molecule has 0 spiro atoms. The molecule has 1 N–H and O–H groups in total. The molecule has 3 fully saturated rings. The third-order valence-corrected chi connectivity index (χ3v) is 5.45. The highest BCUT2D eigenvalue weighted by atomic mass is 16.3. The molecule has 2 heterocycles. The van der Waals surface area contributed by atoms with Gasteiger partial charge < -0.3 is 14.9 Å². The fraction of sp³-hybridized carbons (Fsp3) is 0.938. The maximum absolute atomic E-state index is 12.8. The first-order chi connectivity index (χ1) is 9.77. The number of urea groups is 1. The van der Waals surface area contributed by atoms with E-state index < -0.39 is 0 Å². The van der Waals surface area contributed by atoms with Crippen LogP contribution in [0.2, 0.25) is 0 Å². The van der Waals surface area contributed by atoms with Crippen LogP contribution in [0.15, 0.2) is 0 Å². The summed E-state index contributed by atoms with van der Waals surface area (Å²) < 4.78 is 0. The van der Waals surface area contributed by atoms with Crippen molar-refractivity contribution in [3.63, 3.8) is 0 Å². The van der Waals surface area contributed by atoms with Crippen LogP contribution in [-0.2, 0) is 0 Å². The Morgan fingerprint density at radius 1 is 0.850 bits per heavy atom. The van der Waals surface area contributed by atoms with E-state index in [0.29, 0.717) is 12.0 Å². The van der Waals surface area contributed by atoms with Gasteiger partial charge in [0.2, 0.25) is 0 Å². The first-order valence-electron chi connectivity index (χ1n) is 8.51. The maximum atomic E-state index is 12.8. The summed E-state index contributed by atoms with van der Waals surface area (Å²) in [6.07, 6.45) is 9.96. The summed E-state index contributed by atoms with van der Waals surface area (Å²) >= 11 is 0. The van der Waals surface area contributed by atoms with Crippen molar-refractivity contribution < 1.29 is 9.90 Å². The van der Waals surface area contributed by atoms with Crippen LogP contribution < -0.4 is 0 Å². The number of carbonyl (C=O) groups is 1. The highest BCUT2D eigenvalue weighted by Crippen LogP contribution is 2.36. The second-order valence-corrected chi connectivity index (χ2v) is 6.75. The third-order valence-electron chi connectivity index (χ3n) is 5.45. The van der Waals surface area contributed by atoms with Gasteiger partial charge in [-0.3, -0.25) is 0 Å². The summed E-state index contributed by atoms with van der Waals surface area (Å²) in [4.78, 5) is 16.9. The SMILES string of the molecule is O=C(N1CCCCCC1)N1CCCC1C1CCCC1O. The number of carbonyl (C=O) groups excluding carboxylic acids is 1. The molecule has 0 aromatic heterocycles. The predicted octanol–water partition coefficient (Wildman–Crippen LogP) is 2.61. The van der Waals surface area contributed by atoms with Crippen LogP contribution in [0.1, 0.15) is 57.8 Å². The molecule has 3 unspecified atom stereocenters. The third kappa shape index (κ3) is 2.80. The molecule has 114 valence electrons. The molecule has 0 bridgehead atoms. The Balaban J connectivity index is 1.66. The Labute approximate surface area is 122 Å². The average Bonchev–Trinajstić information content (AvgIpc) is 2.99. The number of aliphatic hydroxyl groups is 1. The van der Waals surface area contributed by atoms with Gasteiger partial charge in [0.05, 0.1) is 6.10 Å². The van der Waals surface area contributed by atoms with Crippen molar-refractivity contribution in [2.75, 3.05) is 19.6 Å². The lowest BCUT2D eigenvalue weighted by Crippen LogP contribution is -2.49. The zero-order valence-electron chi connectivity index (χ0n) is 12.5. The summed E-state index contributed by atoms with van der Waals surface area (Å²) in [7, 11) is 0. The fourth-order valence-corrected chi connectivity index (χ4v) is 4.34. The molecule has 0 aromatic rings. The maximum Gasteiger partial charge on any atom is 0.320 e. The van der Waals surface area contributed by atoms with Crippen LogP contribution in [0, 0.1) is 5.92 Å². The molecule has 0 radical (unpaired) electrons. The molecule has 4 nitrogen and oxygen atoms in total. The van der Waals surface area contributed by atoms with Crippen LogP contribution in [0.3, 0.4) is 0 Å². The van der Waals surface area contributed by atoms with Crippen LogP contribution in [0.4, 0.5) is 4.79 Å². The molecule has 2 saturated heterocycles. The minimum absolute atomic E-state index is 0.183. The molecule has 4 heteroatoms. The highest BCUT2D eigenvalue weighted by Gasteiger charge is 2.41. The smallest absolute Gasteiger partial charge is 0.320 e. The number of amides is 2. The van der Waals surface area contributed by atoms with E-state index in [1.807, 2.05) is 0 Å². The first kappa shape index (κ1) is 14.2. The fourth-order valence-electron chi connectivity index (χ4n) is 4.34. The average molecular weight is 280 g/mol. The normalized spacial score (nSPS) is 35.4. The Bertz CT molecular complexity index is 339. The van der Waals surface area contributed by atoms with E-state index in [-0.39, 0.29) is 12.1 Å². The molecule has 2 amide bonds. The van der Waals surface area contributed by atoms with Crippen molar-refractivity contribution in [1.82, 2.24) is 9.80 Å². The number of likely N-dealkylation sites (tertiary alicyclic amines) is 2. The number of aliphatic hydroxyl groups excluding tert-OH is 1. The Hall–Kier alpha value is -0.770. The van der Waals surface area contributed by atoms with E-state index in [1.165, 1.54) is 12.8 Å². The Morgan fingerprint density at radius 2 is 1.60 bits per heavy atom. The van der Waals surface area contributed by atoms with Gasteiger partial charge in [0.25, 0.3) is 0 Å². The lowest BCUT2D eigenvalue weighted by Gasteiger charge is -2.35. The highest BCUT2D eigenvalue weighted by molar-refractivity contribution is 5.75. The van der Waals surface area contributed by atoms with Crippen molar-refractivity contribution in [2.24, 2.45) is 5.92 Å². The minimum Gasteiger partial charge on any atom is -0.393 e. The van der Waals surface area contributed by atoms with Crippen LogP contribution >= 0.6 is 0 Å². The van der Waals surface area contributed by atoms with Gasteiger partial charge in [-0.15, -0.1) is 0 Å². The molecule has 2 aliphatic heterocycles. The van der Waals surface area contributed by atoms with E-state index >= 15 is 0 Å². The molecule has 3 atom stereocenters. The quantitative estimate of drug-likeness (QED) is 0.802. The van der Waals surface area contributed by atoms with Gasteiger partial charge >= 0.3 is 6.03 Å². The Kier molecular flexibility index (Phi) is 4.49. The largest absolute Gasteiger partial charge is 0.393 e. The molecule has 1 saturated carbocycles. The molecular formula is C16H28N2O2. The van der Waals surface area contributed by atoms with Gasteiger partial charge in [0.1, 0.15) is 0 Å². The van der Waals surface area contributed by atoms with E-state index in [2.05, 4.69) is 9.80 Å². The van der Waals surface area contributed by atoms with Crippen molar-refractivity contribution in [1.29, 1.82) is 0 Å². The number of hydrogen-bond donors (Lipinski definition) is 1. The summed E-state index contributed by atoms with van der Waals surface area (Å²) in [5.41, 5.74) is 0. The molecular weight excluding hydrogens is 252 g/mol. The van der Waals surface area contributed by atoms with E-state index in [0.717, 1.165) is 64.6 Å². The zero-order chi connectivity index (χ0) is 13.9. The monoisotopic (exact) mass is 280 g/mol. The lowest BCUT2D eigenvalue weighted by atomic mass is 9.94. The van der Waals surface area contributed by atoms with Crippen molar-refractivity contribution in [3.8, 4) is 0 Å². The van der Waals surface area contributed by atoms with E-state index in [4.69, 9.17) is 0 Å². The van der Waals surface area contributed by atoms with Gasteiger partial charge in [0.15, 0.2) is 0 Å². The Morgan fingerprint density at radius 3 is 2.25 bits per heavy atom. The summed E-state index contributed by atoms with van der Waals surface area (Å²) in [5.74, 6) is 0.327. The van der Waals surface area contributed by atoms with Crippen molar-refractivity contribution >= 4 is 6.03 Å².